The number of ether oxygens (including phenoxy) is 1. The van der Waals surface area contributed by atoms with Crippen molar-refractivity contribution in [1.29, 1.82) is 0 Å². The van der Waals surface area contributed by atoms with Crippen molar-refractivity contribution < 1.29 is 24.5 Å². The summed E-state index contributed by atoms with van der Waals surface area (Å²) in [5.74, 6) is -1.15. The molecule has 1 amide bonds. The van der Waals surface area contributed by atoms with E-state index in [0.717, 1.165) is 5.56 Å². The maximum atomic E-state index is 13.2. The fourth-order valence-electron chi connectivity index (χ4n) is 4.16. The lowest BCUT2D eigenvalue weighted by atomic mass is 9.93. The first-order valence-corrected chi connectivity index (χ1v) is 10.4. The van der Waals surface area contributed by atoms with Crippen molar-refractivity contribution in [3.63, 3.8) is 0 Å². The summed E-state index contributed by atoms with van der Waals surface area (Å²) in [7, 11) is 1.56. The number of ketones is 1. The highest BCUT2D eigenvalue weighted by Crippen LogP contribution is 2.41. The number of amides is 1. The third-order valence-corrected chi connectivity index (χ3v) is 5.78. The van der Waals surface area contributed by atoms with Crippen LogP contribution < -0.4 is 4.74 Å². The fraction of sp³-hybridized carbons (Fsp3) is 0.192. The Kier molecular flexibility index (Phi) is 5.87. The van der Waals surface area contributed by atoms with E-state index in [1.807, 2.05) is 6.92 Å². The molecule has 2 aromatic carbocycles. The molecule has 0 aliphatic carbocycles. The van der Waals surface area contributed by atoms with Crippen LogP contribution in [0.4, 0.5) is 0 Å². The van der Waals surface area contributed by atoms with Crippen LogP contribution in [0, 0.1) is 13.8 Å². The molecule has 7 nitrogen and oxygen atoms in total. The number of pyridine rings is 1. The van der Waals surface area contributed by atoms with Gasteiger partial charge in [-0.05, 0) is 66.9 Å². The Morgan fingerprint density at radius 1 is 1.06 bits per heavy atom. The second kappa shape index (κ2) is 8.78. The van der Waals surface area contributed by atoms with Gasteiger partial charge in [0.2, 0.25) is 0 Å². The number of likely N-dealkylation sites (tertiary alicyclic amines) is 1. The number of methoxy groups -OCH3 is 1. The fourth-order valence-corrected chi connectivity index (χ4v) is 4.16. The molecule has 2 N–H and O–H groups in total. The zero-order valence-electron chi connectivity index (χ0n) is 18.6. The van der Waals surface area contributed by atoms with Crippen LogP contribution in [0.3, 0.4) is 0 Å². The molecule has 33 heavy (non-hydrogen) atoms. The first-order chi connectivity index (χ1) is 15.8. The third kappa shape index (κ3) is 4.05. The lowest BCUT2D eigenvalue weighted by Crippen LogP contribution is -2.29. The summed E-state index contributed by atoms with van der Waals surface area (Å²) in [6.45, 7) is 3.70. The normalized spacial score (nSPS) is 17.4. The number of carbonyl (C=O) groups excluding carboxylic acids is 2. The molecular weight excluding hydrogens is 420 g/mol. The molecule has 4 rings (SSSR count). The Bertz CT molecular complexity index is 1270. The molecule has 1 fully saturated rings. The maximum absolute atomic E-state index is 13.2. The standard InChI is InChI=1S/C26H24N2O5/c1-15-12-21(33-3)16(2)11-20(15)24(30)22-23(17-7-6-9-19(29)13-17)28(26(32)25(22)31)14-18-8-4-5-10-27-18/h4-13,23,29-30H,14H2,1-3H3/b24-22+. The van der Waals surface area contributed by atoms with Crippen LogP contribution in [0.15, 0.2) is 66.4 Å². The van der Waals surface area contributed by atoms with Gasteiger partial charge in [-0.15, -0.1) is 0 Å². The number of aromatic nitrogens is 1. The summed E-state index contributed by atoms with van der Waals surface area (Å²) in [5, 5.41) is 21.4. The molecule has 168 valence electrons. The van der Waals surface area contributed by atoms with E-state index in [-0.39, 0.29) is 23.6 Å². The lowest BCUT2D eigenvalue weighted by molar-refractivity contribution is -0.140. The molecule has 0 radical (unpaired) electrons. The number of phenols is 1. The van der Waals surface area contributed by atoms with Gasteiger partial charge in [-0.1, -0.05) is 18.2 Å². The predicted molar refractivity (Wildman–Crippen MR) is 123 cm³/mol. The first kappa shape index (κ1) is 22.1. The quantitative estimate of drug-likeness (QED) is 0.350. The molecule has 0 spiro atoms. The van der Waals surface area contributed by atoms with Gasteiger partial charge in [0.15, 0.2) is 0 Å². The molecule has 1 unspecified atom stereocenters. The zero-order valence-corrected chi connectivity index (χ0v) is 18.6. The molecule has 1 aliphatic rings. The molecule has 1 atom stereocenters. The van der Waals surface area contributed by atoms with Crippen LogP contribution >= 0.6 is 0 Å². The molecular formula is C26H24N2O5. The van der Waals surface area contributed by atoms with Gasteiger partial charge in [0, 0.05) is 11.8 Å². The number of aryl methyl sites for hydroxylation is 2. The van der Waals surface area contributed by atoms with E-state index in [4.69, 9.17) is 4.74 Å². The predicted octanol–water partition coefficient (Wildman–Crippen LogP) is 4.03. The van der Waals surface area contributed by atoms with Gasteiger partial charge in [-0.2, -0.15) is 0 Å². The van der Waals surface area contributed by atoms with Crippen LogP contribution in [-0.2, 0) is 16.1 Å². The van der Waals surface area contributed by atoms with Crippen molar-refractivity contribution in [2.24, 2.45) is 0 Å². The Labute approximate surface area is 191 Å². The van der Waals surface area contributed by atoms with Gasteiger partial charge in [-0.25, -0.2) is 0 Å². The second-order valence-corrected chi connectivity index (χ2v) is 7.98. The summed E-state index contributed by atoms with van der Waals surface area (Å²) in [6.07, 6.45) is 1.61. The van der Waals surface area contributed by atoms with Crippen molar-refractivity contribution in [2.75, 3.05) is 7.11 Å². The van der Waals surface area contributed by atoms with Gasteiger partial charge in [0.1, 0.15) is 17.3 Å². The van der Waals surface area contributed by atoms with E-state index >= 15 is 0 Å². The first-order valence-electron chi connectivity index (χ1n) is 10.4. The number of aliphatic hydroxyl groups excluding tert-OH is 1. The van der Waals surface area contributed by atoms with Gasteiger partial charge in [-0.3, -0.25) is 14.6 Å². The number of carbonyl (C=O) groups is 2. The summed E-state index contributed by atoms with van der Waals surface area (Å²) in [4.78, 5) is 31.9. The van der Waals surface area contributed by atoms with Crippen LogP contribution in [0.2, 0.25) is 0 Å². The average Bonchev–Trinajstić information content (AvgIpc) is 3.05. The van der Waals surface area contributed by atoms with Crippen LogP contribution in [-0.4, -0.2) is 38.9 Å². The Balaban J connectivity index is 1.91. The van der Waals surface area contributed by atoms with Crippen LogP contribution in [0.5, 0.6) is 11.5 Å². The van der Waals surface area contributed by atoms with Crippen molar-refractivity contribution in [3.8, 4) is 11.5 Å². The summed E-state index contributed by atoms with van der Waals surface area (Å²) in [6, 6.07) is 14.3. The number of nitrogens with zero attached hydrogens (tertiary/aromatic N) is 2. The lowest BCUT2D eigenvalue weighted by Gasteiger charge is -2.25. The van der Waals surface area contributed by atoms with Gasteiger partial charge >= 0.3 is 0 Å². The summed E-state index contributed by atoms with van der Waals surface area (Å²) >= 11 is 0. The minimum atomic E-state index is -0.888. The van der Waals surface area contributed by atoms with E-state index < -0.39 is 17.7 Å². The monoisotopic (exact) mass is 444 g/mol. The largest absolute Gasteiger partial charge is 0.508 e. The second-order valence-electron chi connectivity index (χ2n) is 7.98. The van der Waals surface area contributed by atoms with Crippen molar-refractivity contribution in [2.45, 2.75) is 26.4 Å². The Morgan fingerprint density at radius 3 is 2.52 bits per heavy atom. The summed E-state index contributed by atoms with van der Waals surface area (Å²) < 4.78 is 5.35. The number of hydrogen-bond acceptors (Lipinski definition) is 6. The van der Waals surface area contributed by atoms with Crippen LogP contribution in [0.25, 0.3) is 5.76 Å². The van der Waals surface area contributed by atoms with Crippen molar-refractivity contribution >= 4 is 17.4 Å². The van der Waals surface area contributed by atoms with Crippen molar-refractivity contribution in [1.82, 2.24) is 9.88 Å². The maximum Gasteiger partial charge on any atom is 0.296 e. The smallest absolute Gasteiger partial charge is 0.296 e. The average molecular weight is 444 g/mol. The number of benzene rings is 2. The summed E-state index contributed by atoms with van der Waals surface area (Å²) in [5.41, 5.74) is 2.99. The van der Waals surface area contributed by atoms with Gasteiger partial charge < -0.3 is 19.8 Å². The minimum Gasteiger partial charge on any atom is -0.508 e. The van der Waals surface area contributed by atoms with Gasteiger partial charge in [0.05, 0.1) is 31.0 Å². The van der Waals surface area contributed by atoms with E-state index in [2.05, 4.69) is 4.98 Å². The molecule has 7 heteroatoms. The molecule has 1 saturated heterocycles. The van der Waals surface area contributed by atoms with E-state index in [1.165, 1.54) is 17.0 Å². The van der Waals surface area contributed by atoms with Gasteiger partial charge in [0.25, 0.3) is 11.7 Å². The van der Waals surface area contributed by atoms with Crippen LogP contribution in [0.1, 0.15) is 34.0 Å². The zero-order chi connectivity index (χ0) is 23.7. The number of aliphatic hydroxyl groups is 1. The highest BCUT2D eigenvalue weighted by Gasteiger charge is 2.46. The molecule has 1 aliphatic heterocycles. The Morgan fingerprint density at radius 2 is 1.85 bits per heavy atom. The number of hydrogen-bond donors (Lipinski definition) is 2. The minimum absolute atomic E-state index is 0.00704. The van der Waals surface area contributed by atoms with E-state index in [1.54, 1.807) is 62.7 Å². The Hall–Kier alpha value is -4.13. The van der Waals surface area contributed by atoms with E-state index in [0.29, 0.717) is 28.1 Å². The molecule has 0 saturated carbocycles. The third-order valence-electron chi connectivity index (χ3n) is 5.78. The number of aromatic hydroxyl groups is 1. The highest BCUT2D eigenvalue weighted by molar-refractivity contribution is 6.46. The molecule has 2 heterocycles. The van der Waals surface area contributed by atoms with Crippen molar-refractivity contribution in [3.05, 3.63) is 94.3 Å². The SMILES string of the molecule is COc1cc(C)c(/C(O)=C2\C(=O)C(=O)N(Cc3ccccn3)C2c2cccc(O)c2)cc1C. The number of Topliss-reactive ketones (excluding diaryl/α,β-unsaturated/α-hetero) is 1. The number of phenolic OH excluding ortho intramolecular Hbond substituents is 1. The molecule has 1 aromatic heterocycles. The van der Waals surface area contributed by atoms with E-state index in [9.17, 15) is 19.8 Å². The topological polar surface area (TPSA) is 100.0 Å². The number of rotatable bonds is 5. The molecule has 0 bridgehead atoms. The highest BCUT2D eigenvalue weighted by atomic mass is 16.5. The molecule has 3 aromatic rings.